The molecule has 0 aliphatic carbocycles. The fourth-order valence-electron chi connectivity index (χ4n) is 3.27. The summed E-state index contributed by atoms with van der Waals surface area (Å²) in [5.74, 6) is -0.0563. The Balaban J connectivity index is 1.54. The largest absolute Gasteiger partial charge is 0.508 e. The number of nitrogens with zero attached hydrogens (tertiary/aromatic N) is 1. The van der Waals surface area contributed by atoms with Gasteiger partial charge in [0.25, 0.3) is 0 Å². The van der Waals surface area contributed by atoms with E-state index in [0.717, 1.165) is 23.3 Å². The predicted molar refractivity (Wildman–Crippen MR) is 101 cm³/mol. The van der Waals surface area contributed by atoms with E-state index in [0.29, 0.717) is 24.4 Å². The molecule has 2 N–H and O–H groups in total. The highest BCUT2D eigenvalue weighted by Crippen LogP contribution is 2.31. The maximum Gasteiger partial charge on any atom is 0.335 e. The van der Waals surface area contributed by atoms with Gasteiger partial charge in [-0.15, -0.1) is 11.8 Å². The van der Waals surface area contributed by atoms with Gasteiger partial charge in [0.15, 0.2) is 0 Å². The molecule has 1 saturated heterocycles. The van der Waals surface area contributed by atoms with Crippen molar-refractivity contribution < 1.29 is 19.8 Å². The third-order valence-electron chi connectivity index (χ3n) is 4.68. The van der Waals surface area contributed by atoms with Crippen LogP contribution in [0.3, 0.4) is 0 Å². The van der Waals surface area contributed by atoms with Gasteiger partial charge in [-0.1, -0.05) is 18.2 Å². The molecule has 0 bridgehead atoms. The predicted octanol–water partition coefficient (Wildman–Crippen LogP) is 3.59. The van der Waals surface area contributed by atoms with Crippen LogP contribution >= 0.6 is 11.8 Å². The minimum absolute atomic E-state index is 0.0908. The number of phenolic OH excluding ortho intramolecular Hbond substituents is 1. The average molecular weight is 371 g/mol. The Bertz CT molecular complexity index is 783. The van der Waals surface area contributed by atoms with E-state index in [9.17, 15) is 19.8 Å². The molecule has 136 valence electrons. The van der Waals surface area contributed by atoms with E-state index < -0.39 is 5.97 Å². The number of thioether (sulfide) groups is 1. The molecule has 1 amide bonds. The maximum absolute atomic E-state index is 12.4. The van der Waals surface area contributed by atoms with Crippen molar-refractivity contribution in [2.75, 3.05) is 18.8 Å². The Kier molecular flexibility index (Phi) is 5.83. The van der Waals surface area contributed by atoms with Gasteiger partial charge in [0.05, 0.1) is 11.3 Å². The molecule has 0 atom stereocenters. The molecule has 1 heterocycles. The molecule has 6 heteroatoms. The van der Waals surface area contributed by atoms with Crippen LogP contribution in [0.25, 0.3) is 0 Å². The van der Waals surface area contributed by atoms with Crippen molar-refractivity contribution in [1.82, 2.24) is 4.90 Å². The molecular formula is C20H21NO4S. The highest BCUT2D eigenvalue weighted by atomic mass is 32.2. The van der Waals surface area contributed by atoms with E-state index >= 15 is 0 Å². The number of hydrogen-bond acceptors (Lipinski definition) is 4. The third-order valence-corrected chi connectivity index (χ3v) is 5.67. The number of phenols is 1. The molecule has 0 spiro atoms. The highest BCUT2D eigenvalue weighted by molar-refractivity contribution is 8.00. The van der Waals surface area contributed by atoms with Crippen molar-refractivity contribution in [3.05, 3.63) is 59.7 Å². The first-order chi connectivity index (χ1) is 12.5. The van der Waals surface area contributed by atoms with E-state index in [2.05, 4.69) is 0 Å². The molecule has 0 aromatic heterocycles. The number of amides is 1. The molecule has 1 fully saturated rings. The fourth-order valence-corrected chi connectivity index (χ4v) is 4.07. The summed E-state index contributed by atoms with van der Waals surface area (Å²) >= 11 is 1.45. The fraction of sp³-hybridized carbons (Fsp3) is 0.300. The standard InChI is InChI=1S/C20H21NO4S/c22-15-5-7-16(8-6-15)26-13-19(23)21-11-9-14(10-12-21)17-3-1-2-4-18(17)20(24)25/h1-8,14,22H,9-13H2,(H,24,25). The number of aromatic hydroxyl groups is 1. The van der Waals surface area contributed by atoms with Gasteiger partial charge in [-0.25, -0.2) is 4.79 Å². The lowest BCUT2D eigenvalue weighted by atomic mass is 9.86. The Morgan fingerprint density at radius 3 is 2.35 bits per heavy atom. The zero-order valence-corrected chi connectivity index (χ0v) is 15.1. The number of carboxylic acids is 1. The molecule has 2 aromatic rings. The molecule has 1 aliphatic heterocycles. The lowest BCUT2D eigenvalue weighted by Crippen LogP contribution is -2.39. The number of aromatic carboxylic acids is 1. The summed E-state index contributed by atoms with van der Waals surface area (Å²) in [7, 11) is 0. The van der Waals surface area contributed by atoms with Gasteiger partial charge in [0, 0.05) is 18.0 Å². The van der Waals surface area contributed by atoms with Crippen molar-refractivity contribution in [2.24, 2.45) is 0 Å². The zero-order chi connectivity index (χ0) is 18.5. The van der Waals surface area contributed by atoms with Crippen LogP contribution in [0.15, 0.2) is 53.4 Å². The van der Waals surface area contributed by atoms with Gasteiger partial charge in [-0.2, -0.15) is 0 Å². The molecule has 26 heavy (non-hydrogen) atoms. The second kappa shape index (κ2) is 8.27. The van der Waals surface area contributed by atoms with Gasteiger partial charge < -0.3 is 15.1 Å². The number of carboxylic acid groups (broad SMARTS) is 1. The van der Waals surface area contributed by atoms with Crippen LogP contribution in [0.2, 0.25) is 0 Å². The summed E-state index contributed by atoms with van der Waals surface area (Å²) in [5, 5.41) is 18.6. The normalized spacial score (nSPS) is 15.0. The third kappa shape index (κ3) is 4.38. The lowest BCUT2D eigenvalue weighted by Gasteiger charge is -2.32. The van der Waals surface area contributed by atoms with Crippen LogP contribution < -0.4 is 0 Å². The zero-order valence-electron chi connectivity index (χ0n) is 14.3. The van der Waals surface area contributed by atoms with Gasteiger partial charge in [-0.05, 0) is 54.7 Å². The number of piperidine rings is 1. The van der Waals surface area contributed by atoms with Crippen LogP contribution in [0, 0.1) is 0 Å². The van der Waals surface area contributed by atoms with E-state index in [1.165, 1.54) is 11.8 Å². The maximum atomic E-state index is 12.4. The van der Waals surface area contributed by atoms with Crippen LogP contribution in [-0.4, -0.2) is 45.8 Å². The highest BCUT2D eigenvalue weighted by Gasteiger charge is 2.26. The van der Waals surface area contributed by atoms with Crippen molar-refractivity contribution in [1.29, 1.82) is 0 Å². The first-order valence-electron chi connectivity index (χ1n) is 8.56. The van der Waals surface area contributed by atoms with Crippen molar-refractivity contribution in [3.63, 3.8) is 0 Å². The molecule has 5 nitrogen and oxygen atoms in total. The topological polar surface area (TPSA) is 77.8 Å². The van der Waals surface area contributed by atoms with E-state index in [1.54, 1.807) is 36.4 Å². The van der Waals surface area contributed by atoms with E-state index in [-0.39, 0.29) is 17.6 Å². The van der Waals surface area contributed by atoms with Crippen LogP contribution in [0.4, 0.5) is 0 Å². The molecule has 1 aliphatic rings. The molecule has 2 aromatic carbocycles. The summed E-state index contributed by atoms with van der Waals surface area (Å²) in [4.78, 5) is 26.6. The lowest BCUT2D eigenvalue weighted by molar-refractivity contribution is -0.129. The van der Waals surface area contributed by atoms with Crippen LogP contribution in [0.1, 0.15) is 34.7 Å². The van der Waals surface area contributed by atoms with Crippen molar-refractivity contribution in [2.45, 2.75) is 23.7 Å². The number of likely N-dealkylation sites (tertiary alicyclic amines) is 1. The Morgan fingerprint density at radius 2 is 1.69 bits per heavy atom. The minimum atomic E-state index is -0.899. The number of benzene rings is 2. The van der Waals surface area contributed by atoms with Gasteiger partial charge in [0.1, 0.15) is 5.75 Å². The monoisotopic (exact) mass is 371 g/mol. The van der Waals surface area contributed by atoms with Crippen molar-refractivity contribution >= 4 is 23.6 Å². The summed E-state index contributed by atoms with van der Waals surface area (Å²) < 4.78 is 0. The number of carbonyl (C=O) groups is 2. The molecule has 3 rings (SSSR count). The Labute approximate surface area is 156 Å². The summed E-state index contributed by atoms with van der Waals surface area (Å²) in [6.45, 7) is 1.29. The summed E-state index contributed by atoms with van der Waals surface area (Å²) in [5.41, 5.74) is 1.23. The Hall–Kier alpha value is -2.47. The number of rotatable bonds is 5. The number of hydrogen-bond donors (Lipinski definition) is 2. The second-order valence-corrected chi connectivity index (χ2v) is 7.38. The van der Waals surface area contributed by atoms with E-state index in [4.69, 9.17) is 0 Å². The minimum Gasteiger partial charge on any atom is -0.508 e. The number of carbonyl (C=O) groups excluding carboxylic acids is 1. The molecule has 0 saturated carbocycles. The summed E-state index contributed by atoms with van der Waals surface area (Å²) in [6, 6.07) is 13.9. The first kappa shape index (κ1) is 18.3. The SMILES string of the molecule is O=C(O)c1ccccc1C1CCN(C(=O)CSc2ccc(O)cc2)CC1. The van der Waals surface area contributed by atoms with E-state index in [1.807, 2.05) is 17.0 Å². The van der Waals surface area contributed by atoms with Gasteiger partial charge >= 0.3 is 5.97 Å². The Morgan fingerprint density at radius 1 is 1.04 bits per heavy atom. The van der Waals surface area contributed by atoms with Crippen molar-refractivity contribution in [3.8, 4) is 5.75 Å². The van der Waals surface area contributed by atoms with Crippen LogP contribution in [0.5, 0.6) is 5.75 Å². The second-order valence-electron chi connectivity index (χ2n) is 6.33. The van der Waals surface area contributed by atoms with Gasteiger partial charge in [-0.3, -0.25) is 4.79 Å². The first-order valence-corrected chi connectivity index (χ1v) is 9.55. The molecular weight excluding hydrogens is 350 g/mol. The quantitative estimate of drug-likeness (QED) is 0.786. The van der Waals surface area contributed by atoms with Gasteiger partial charge in [0.2, 0.25) is 5.91 Å². The smallest absolute Gasteiger partial charge is 0.335 e. The summed E-state index contributed by atoms with van der Waals surface area (Å²) in [6.07, 6.45) is 1.56. The van der Waals surface area contributed by atoms with Crippen LogP contribution in [-0.2, 0) is 4.79 Å². The molecule has 0 unspecified atom stereocenters. The average Bonchev–Trinajstić information content (AvgIpc) is 2.67. The molecule has 0 radical (unpaired) electrons.